The monoisotopic (exact) mass is 465 g/mol. The molecule has 0 aromatic heterocycles. The van der Waals surface area contributed by atoms with Gasteiger partial charge in [0.05, 0.1) is 4.90 Å². The van der Waals surface area contributed by atoms with E-state index in [9.17, 15) is 22.8 Å². The molecule has 0 aliphatic carbocycles. The van der Waals surface area contributed by atoms with Crippen molar-refractivity contribution in [3.05, 3.63) is 35.9 Å². The number of nitrogens with zero attached hydrogens (tertiary/aromatic N) is 1. The van der Waals surface area contributed by atoms with E-state index < -0.39 is 34.5 Å². The Morgan fingerprint density at radius 2 is 1.72 bits per heavy atom. The molecular formula is C22H31N3O6S. The molecule has 1 fully saturated rings. The molecule has 0 bridgehead atoms. The molecule has 2 rings (SSSR count). The van der Waals surface area contributed by atoms with Gasteiger partial charge in [0.1, 0.15) is 0 Å². The summed E-state index contributed by atoms with van der Waals surface area (Å²) in [4.78, 5) is 35.1. The number of unbranched alkanes of at least 4 members (excludes halogenated alkanes) is 1. The van der Waals surface area contributed by atoms with Gasteiger partial charge in [-0.05, 0) is 43.0 Å². The average Bonchev–Trinajstić information content (AvgIpc) is 3.07. The molecule has 2 N–H and O–H groups in total. The Hall–Kier alpha value is -2.72. The summed E-state index contributed by atoms with van der Waals surface area (Å²) in [6.45, 7) is 2.91. The first kappa shape index (κ1) is 25.5. The van der Waals surface area contributed by atoms with E-state index in [4.69, 9.17) is 4.74 Å². The Balaban J connectivity index is 1.82. The summed E-state index contributed by atoms with van der Waals surface area (Å²) < 4.78 is 31.9. The zero-order valence-electron chi connectivity index (χ0n) is 18.3. The number of carbonyl (C=O) groups is 3. The minimum absolute atomic E-state index is 0.216. The predicted molar refractivity (Wildman–Crippen MR) is 120 cm³/mol. The van der Waals surface area contributed by atoms with Gasteiger partial charge in [0.25, 0.3) is 5.91 Å². The second kappa shape index (κ2) is 13.0. The van der Waals surface area contributed by atoms with Crippen molar-refractivity contribution in [2.75, 3.05) is 26.2 Å². The molecule has 1 aromatic rings. The van der Waals surface area contributed by atoms with E-state index >= 15 is 0 Å². The fraction of sp³-hybridized carbons (Fsp3) is 0.500. The van der Waals surface area contributed by atoms with Crippen LogP contribution in [0.25, 0.3) is 6.08 Å². The van der Waals surface area contributed by atoms with Gasteiger partial charge >= 0.3 is 12.0 Å². The maximum Gasteiger partial charge on any atom is 0.331 e. The first-order chi connectivity index (χ1) is 15.3. The fourth-order valence-electron chi connectivity index (χ4n) is 3.12. The molecule has 1 saturated heterocycles. The Morgan fingerprint density at radius 1 is 1.06 bits per heavy atom. The lowest BCUT2D eigenvalue weighted by molar-refractivity contribution is -0.143. The van der Waals surface area contributed by atoms with Gasteiger partial charge in [-0.2, -0.15) is 4.31 Å². The van der Waals surface area contributed by atoms with Crippen molar-refractivity contribution in [2.24, 2.45) is 0 Å². The number of rotatable bonds is 9. The zero-order valence-corrected chi connectivity index (χ0v) is 19.2. The Kier molecular flexibility index (Phi) is 10.4. The van der Waals surface area contributed by atoms with Gasteiger partial charge in [0.15, 0.2) is 6.61 Å². The summed E-state index contributed by atoms with van der Waals surface area (Å²) in [5.41, 5.74) is 0.608. The van der Waals surface area contributed by atoms with E-state index in [2.05, 4.69) is 10.6 Å². The van der Waals surface area contributed by atoms with Crippen molar-refractivity contribution in [2.45, 2.75) is 50.3 Å². The molecule has 32 heavy (non-hydrogen) atoms. The molecule has 0 radical (unpaired) electrons. The average molecular weight is 466 g/mol. The number of esters is 1. The van der Waals surface area contributed by atoms with Crippen molar-refractivity contribution in [1.82, 2.24) is 14.9 Å². The number of sulfonamides is 1. The third-order valence-corrected chi connectivity index (χ3v) is 6.82. The van der Waals surface area contributed by atoms with E-state index in [-0.39, 0.29) is 4.90 Å². The third-order valence-electron chi connectivity index (χ3n) is 4.91. The molecule has 1 aliphatic heterocycles. The highest BCUT2D eigenvalue weighted by atomic mass is 32.2. The van der Waals surface area contributed by atoms with Crippen molar-refractivity contribution >= 4 is 34.0 Å². The molecule has 0 saturated carbocycles. The van der Waals surface area contributed by atoms with E-state index in [1.807, 2.05) is 6.92 Å². The minimum Gasteiger partial charge on any atom is -0.452 e. The highest BCUT2D eigenvalue weighted by Crippen LogP contribution is 2.21. The van der Waals surface area contributed by atoms with Gasteiger partial charge in [0, 0.05) is 25.7 Å². The number of urea groups is 1. The van der Waals surface area contributed by atoms with Gasteiger partial charge < -0.3 is 10.1 Å². The second-order valence-electron chi connectivity index (χ2n) is 7.49. The van der Waals surface area contributed by atoms with E-state index in [1.165, 1.54) is 22.5 Å². The van der Waals surface area contributed by atoms with Crippen LogP contribution in [0, 0.1) is 0 Å². The van der Waals surface area contributed by atoms with E-state index in [0.717, 1.165) is 44.6 Å². The van der Waals surface area contributed by atoms with Crippen LogP contribution in [0.5, 0.6) is 0 Å². The number of hydrogen-bond acceptors (Lipinski definition) is 6. The zero-order chi connectivity index (χ0) is 23.4. The number of amides is 3. The predicted octanol–water partition coefficient (Wildman–Crippen LogP) is 2.43. The van der Waals surface area contributed by atoms with Crippen LogP contribution in [0.15, 0.2) is 35.2 Å². The molecule has 1 heterocycles. The molecule has 9 nitrogen and oxygen atoms in total. The summed E-state index contributed by atoms with van der Waals surface area (Å²) in [7, 11) is -3.53. The third kappa shape index (κ3) is 8.43. The van der Waals surface area contributed by atoms with E-state index in [1.54, 1.807) is 12.1 Å². The lowest BCUT2D eigenvalue weighted by atomic mass is 10.2. The summed E-state index contributed by atoms with van der Waals surface area (Å²) >= 11 is 0. The Labute approximate surface area is 189 Å². The number of carbonyl (C=O) groups excluding carboxylic acids is 3. The number of hydrogen-bond donors (Lipinski definition) is 2. The van der Waals surface area contributed by atoms with Crippen LogP contribution >= 0.6 is 0 Å². The van der Waals surface area contributed by atoms with Gasteiger partial charge in [-0.1, -0.05) is 38.3 Å². The van der Waals surface area contributed by atoms with Crippen LogP contribution in [0.4, 0.5) is 4.79 Å². The minimum atomic E-state index is -3.53. The summed E-state index contributed by atoms with van der Waals surface area (Å²) in [6, 6.07) is 5.58. The van der Waals surface area contributed by atoms with Crippen LogP contribution < -0.4 is 10.6 Å². The van der Waals surface area contributed by atoms with Crippen LogP contribution in [0.3, 0.4) is 0 Å². The molecule has 10 heteroatoms. The van der Waals surface area contributed by atoms with Crippen LogP contribution in [0.2, 0.25) is 0 Å². The second-order valence-corrected chi connectivity index (χ2v) is 9.42. The molecule has 1 aromatic carbocycles. The quantitative estimate of drug-likeness (QED) is 0.328. The molecule has 176 valence electrons. The summed E-state index contributed by atoms with van der Waals surface area (Å²) in [5, 5.41) is 4.58. The molecule has 0 unspecified atom stereocenters. The van der Waals surface area contributed by atoms with Gasteiger partial charge in [0.2, 0.25) is 10.0 Å². The highest BCUT2D eigenvalue weighted by molar-refractivity contribution is 7.89. The number of ether oxygens (including phenoxy) is 1. The van der Waals surface area contributed by atoms with Crippen molar-refractivity contribution in [3.8, 4) is 0 Å². The number of imide groups is 1. The first-order valence-corrected chi connectivity index (χ1v) is 12.3. The van der Waals surface area contributed by atoms with Gasteiger partial charge in [-0.25, -0.2) is 18.0 Å². The summed E-state index contributed by atoms with van der Waals surface area (Å²) in [5.74, 6) is -1.49. The van der Waals surface area contributed by atoms with E-state index in [0.29, 0.717) is 25.2 Å². The van der Waals surface area contributed by atoms with Gasteiger partial charge in [-0.15, -0.1) is 0 Å². The van der Waals surface area contributed by atoms with Crippen LogP contribution in [0.1, 0.15) is 51.0 Å². The van der Waals surface area contributed by atoms with Crippen molar-refractivity contribution in [1.29, 1.82) is 0 Å². The first-order valence-electron chi connectivity index (χ1n) is 10.9. The number of nitrogens with one attached hydrogen (secondary N) is 2. The highest BCUT2D eigenvalue weighted by Gasteiger charge is 2.24. The Bertz CT molecular complexity index is 904. The molecular weight excluding hydrogens is 434 g/mol. The topological polar surface area (TPSA) is 122 Å². The van der Waals surface area contributed by atoms with Crippen LogP contribution in [-0.2, 0) is 24.3 Å². The van der Waals surface area contributed by atoms with Crippen molar-refractivity contribution < 1.29 is 27.5 Å². The van der Waals surface area contributed by atoms with Crippen molar-refractivity contribution in [3.63, 3.8) is 0 Å². The lowest BCUT2D eigenvalue weighted by Crippen LogP contribution is -2.41. The van der Waals surface area contributed by atoms with Gasteiger partial charge in [-0.3, -0.25) is 10.1 Å². The molecule has 0 atom stereocenters. The molecule has 1 aliphatic rings. The Morgan fingerprint density at radius 3 is 2.34 bits per heavy atom. The maximum atomic E-state index is 12.8. The fourth-order valence-corrected chi connectivity index (χ4v) is 4.63. The normalized spacial score (nSPS) is 15.2. The molecule has 3 amide bonds. The summed E-state index contributed by atoms with van der Waals surface area (Å²) in [6.07, 6.45) is 8.11. The van der Waals surface area contributed by atoms with Crippen LogP contribution in [-0.4, -0.2) is 56.9 Å². The number of benzene rings is 1. The SMILES string of the molecule is CCCCNC(=O)NC(=O)COC(=O)/C=C/c1ccc(S(=O)(=O)N2CCCCCC2)cc1. The lowest BCUT2D eigenvalue weighted by Gasteiger charge is -2.19. The largest absolute Gasteiger partial charge is 0.452 e. The smallest absolute Gasteiger partial charge is 0.331 e. The standard InChI is InChI=1S/C22H31N3O6S/c1-2-3-14-23-22(28)24-20(26)17-31-21(27)13-10-18-8-11-19(12-9-18)32(29,30)25-15-6-4-5-7-16-25/h8-13H,2-7,14-17H2,1H3,(H2,23,24,26,28)/b13-10+. The maximum absolute atomic E-state index is 12.8. The molecule has 0 spiro atoms.